The molecular weight excluding hydrogens is 304 g/mol. The number of ether oxygens (including phenoxy) is 1. The summed E-state index contributed by atoms with van der Waals surface area (Å²) >= 11 is 0. The molecule has 2 unspecified atom stereocenters. The molecule has 0 radical (unpaired) electrons. The number of hydrogen-bond acceptors (Lipinski definition) is 4. The molecule has 5 nitrogen and oxygen atoms in total. The van der Waals surface area contributed by atoms with Gasteiger partial charge in [0.05, 0.1) is 18.6 Å². The van der Waals surface area contributed by atoms with Gasteiger partial charge in [-0.25, -0.2) is 0 Å². The number of rotatable bonds is 6. The molecule has 2 rings (SSSR count). The molecular formula is C19H28N2O3. The molecule has 24 heavy (non-hydrogen) atoms. The van der Waals surface area contributed by atoms with Gasteiger partial charge in [-0.05, 0) is 51.3 Å². The van der Waals surface area contributed by atoms with Gasteiger partial charge in [-0.2, -0.15) is 0 Å². The van der Waals surface area contributed by atoms with Crippen molar-refractivity contribution in [3.05, 3.63) is 35.4 Å². The van der Waals surface area contributed by atoms with Gasteiger partial charge in [0.15, 0.2) is 0 Å². The van der Waals surface area contributed by atoms with Crippen LogP contribution in [0.3, 0.4) is 0 Å². The summed E-state index contributed by atoms with van der Waals surface area (Å²) in [5.74, 6) is -0.261. The van der Waals surface area contributed by atoms with Crippen LogP contribution in [-0.2, 0) is 20.9 Å². The van der Waals surface area contributed by atoms with Crippen molar-refractivity contribution < 1.29 is 14.3 Å². The number of nitrogens with zero attached hydrogens (tertiary/aromatic N) is 1. The smallest absolute Gasteiger partial charge is 0.310 e. The Morgan fingerprint density at radius 2 is 2.12 bits per heavy atom. The minimum absolute atomic E-state index is 0.00256. The van der Waals surface area contributed by atoms with Gasteiger partial charge in [0.2, 0.25) is 5.91 Å². The summed E-state index contributed by atoms with van der Waals surface area (Å²) in [6, 6.07) is 7.79. The number of nitrogens with one attached hydrogen (secondary N) is 1. The number of esters is 1. The van der Waals surface area contributed by atoms with E-state index in [0.717, 1.165) is 24.9 Å². The molecule has 0 saturated carbocycles. The highest BCUT2D eigenvalue weighted by Crippen LogP contribution is 2.20. The van der Waals surface area contributed by atoms with Crippen LogP contribution < -0.4 is 5.32 Å². The fraction of sp³-hybridized carbons (Fsp3) is 0.579. The van der Waals surface area contributed by atoms with E-state index in [2.05, 4.69) is 10.2 Å². The Hall–Kier alpha value is -1.88. The number of piperidine rings is 1. The highest BCUT2D eigenvalue weighted by atomic mass is 16.5. The Bertz CT molecular complexity index is 573. The Kier molecular flexibility index (Phi) is 6.79. The molecule has 1 aromatic carbocycles. The van der Waals surface area contributed by atoms with Crippen molar-refractivity contribution in [1.82, 2.24) is 10.2 Å². The summed E-state index contributed by atoms with van der Waals surface area (Å²) in [4.78, 5) is 26.5. The minimum Gasteiger partial charge on any atom is -0.466 e. The zero-order chi connectivity index (χ0) is 17.5. The number of benzene rings is 1. The van der Waals surface area contributed by atoms with Gasteiger partial charge in [-0.15, -0.1) is 0 Å². The molecule has 1 N–H and O–H groups in total. The molecule has 0 aromatic heterocycles. The molecule has 1 fully saturated rings. The molecule has 1 amide bonds. The fourth-order valence-electron chi connectivity index (χ4n) is 3.11. The first-order chi connectivity index (χ1) is 11.5. The first kappa shape index (κ1) is 18.5. The third-order valence-electron chi connectivity index (χ3n) is 4.71. The van der Waals surface area contributed by atoms with Gasteiger partial charge in [-0.3, -0.25) is 14.5 Å². The normalized spacial score (nSPS) is 19.5. The predicted octanol–water partition coefficient (Wildman–Crippen LogP) is 2.27. The minimum atomic E-state index is -0.244. The lowest BCUT2D eigenvalue weighted by molar-refractivity contribution is -0.151. The maximum atomic E-state index is 12.5. The summed E-state index contributed by atoms with van der Waals surface area (Å²) < 4.78 is 5.12. The summed E-state index contributed by atoms with van der Waals surface area (Å²) in [5.41, 5.74) is 2.30. The highest BCUT2D eigenvalue weighted by Gasteiger charge is 2.31. The molecule has 0 spiro atoms. The number of carbonyl (C=O) groups is 2. The van der Waals surface area contributed by atoms with Crippen molar-refractivity contribution in [1.29, 1.82) is 0 Å². The molecule has 1 aromatic rings. The van der Waals surface area contributed by atoms with E-state index in [-0.39, 0.29) is 23.8 Å². The van der Waals surface area contributed by atoms with Crippen molar-refractivity contribution in [3.63, 3.8) is 0 Å². The predicted molar refractivity (Wildman–Crippen MR) is 93.4 cm³/mol. The van der Waals surface area contributed by atoms with E-state index in [1.807, 2.05) is 45.0 Å². The number of carbonyl (C=O) groups excluding carboxylic acids is 2. The molecule has 1 aliphatic rings. The molecule has 132 valence electrons. The van der Waals surface area contributed by atoms with Crippen molar-refractivity contribution in [2.24, 2.45) is 5.92 Å². The van der Waals surface area contributed by atoms with Crippen LogP contribution in [0, 0.1) is 12.8 Å². The first-order valence-corrected chi connectivity index (χ1v) is 8.75. The van der Waals surface area contributed by atoms with Gasteiger partial charge in [0.1, 0.15) is 0 Å². The standard InChI is InChI=1S/C19H28N2O3/c1-4-24-19(23)17-10-7-11-21(13-17)15(3)18(22)20-12-16-9-6-5-8-14(16)2/h5-6,8-9,15,17H,4,7,10-13H2,1-3H3,(H,20,22). The molecule has 1 aliphatic heterocycles. The molecule has 1 saturated heterocycles. The quantitative estimate of drug-likeness (QED) is 0.812. The largest absolute Gasteiger partial charge is 0.466 e. The van der Waals surface area contributed by atoms with E-state index in [4.69, 9.17) is 4.74 Å². The van der Waals surface area contributed by atoms with Crippen LogP contribution in [0.2, 0.25) is 0 Å². The van der Waals surface area contributed by atoms with Crippen molar-refractivity contribution in [2.75, 3.05) is 19.7 Å². The van der Waals surface area contributed by atoms with Crippen molar-refractivity contribution >= 4 is 11.9 Å². The summed E-state index contributed by atoms with van der Waals surface area (Å²) in [6.07, 6.45) is 1.76. The lowest BCUT2D eigenvalue weighted by atomic mass is 9.97. The average molecular weight is 332 g/mol. The number of aryl methyl sites for hydroxylation is 1. The second-order valence-corrected chi connectivity index (χ2v) is 6.41. The van der Waals surface area contributed by atoms with Crippen LogP contribution in [0.1, 0.15) is 37.8 Å². The number of likely N-dealkylation sites (tertiary alicyclic amines) is 1. The lowest BCUT2D eigenvalue weighted by Crippen LogP contribution is -2.50. The van der Waals surface area contributed by atoms with Crippen LogP contribution in [0.4, 0.5) is 0 Å². The van der Waals surface area contributed by atoms with Gasteiger partial charge in [-0.1, -0.05) is 24.3 Å². The van der Waals surface area contributed by atoms with Gasteiger partial charge in [0.25, 0.3) is 0 Å². The second-order valence-electron chi connectivity index (χ2n) is 6.41. The third kappa shape index (κ3) is 4.81. The van der Waals surface area contributed by atoms with Gasteiger partial charge in [0, 0.05) is 13.1 Å². The SMILES string of the molecule is CCOC(=O)C1CCCN(C(C)C(=O)NCc2ccccc2C)C1. The van der Waals surface area contributed by atoms with E-state index in [9.17, 15) is 9.59 Å². The van der Waals surface area contributed by atoms with E-state index < -0.39 is 0 Å². The number of hydrogen-bond donors (Lipinski definition) is 1. The van der Waals surface area contributed by atoms with Crippen LogP contribution in [0.25, 0.3) is 0 Å². The maximum absolute atomic E-state index is 12.5. The maximum Gasteiger partial charge on any atom is 0.310 e. The van der Waals surface area contributed by atoms with E-state index in [1.165, 1.54) is 5.56 Å². The first-order valence-electron chi connectivity index (χ1n) is 8.75. The molecule has 0 aliphatic carbocycles. The Balaban J connectivity index is 1.88. The Morgan fingerprint density at radius 1 is 1.38 bits per heavy atom. The Morgan fingerprint density at radius 3 is 2.83 bits per heavy atom. The lowest BCUT2D eigenvalue weighted by Gasteiger charge is -2.35. The van der Waals surface area contributed by atoms with E-state index >= 15 is 0 Å². The van der Waals surface area contributed by atoms with Crippen LogP contribution >= 0.6 is 0 Å². The summed E-state index contributed by atoms with van der Waals surface area (Å²) in [6.45, 7) is 8.14. The third-order valence-corrected chi connectivity index (χ3v) is 4.71. The fourth-order valence-corrected chi connectivity index (χ4v) is 3.11. The molecule has 1 heterocycles. The molecule has 2 atom stereocenters. The highest BCUT2D eigenvalue weighted by molar-refractivity contribution is 5.81. The monoisotopic (exact) mass is 332 g/mol. The van der Waals surface area contributed by atoms with Crippen LogP contribution in [-0.4, -0.2) is 42.5 Å². The van der Waals surface area contributed by atoms with Gasteiger partial charge >= 0.3 is 5.97 Å². The van der Waals surface area contributed by atoms with Crippen molar-refractivity contribution in [3.8, 4) is 0 Å². The zero-order valence-electron chi connectivity index (χ0n) is 14.9. The average Bonchev–Trinajstić information content (AvgIpc) is 2.60. The zero-order valence-corrected chi connectivity index (χ0v) is 14.9. The summed E-state index contributed by atoms with van der Waals surface area (Å²) in [5, 5.41) is 3.01. The van der Waals surface area contributed by atoms with Crippen molar-refractivity contribution in [2.45, 2.75) is 46.2 Å². The van der Waals surface area contributed by atoms with Crippen LogP contribution in [0.15, 0.2) is 24.3 Å². The molecule has 0 bridgehead atoms. The number of amides is 1. The van der Waals surface area contributed by atoms with Gasteiger partial charge < -0.3 is 10.1 Å². The van der Waals surface area contributed by atoms with E-state index in [0.29, 0.717) is 19.7 Å². The van der Waals surface area contributed by atoms with Crippen LogP contribution in [0.5, 0.6) is 0 Å². The Labute approximate surface area is 144 Å². The molecule has 5 heteroatoms. The topological polar surface area (TPSA) is 58.6 Å². The van der Waals surface area contributed by atoms with E-state index in [1.54, 1.807) is 0 Å². The second kappa shape index (κ2) is 8.83. The summed E-state index contributed by atoms with van der Waals surface area (Å²) in [7, 11) is 0.